The molecular weight excluding hydrogens is 394 g/mol. The highest BCUT2D eigenvalue weighted by atomic mass is 15.2. The van der Waals surface area contributed by atoms with Crippen LogP contribution in [0.1, 0.15) is 36.0 Å². The molecule has 0 saturated carbocycles. The van der Waals surface area contributed by atoms with Gasteiger partial charge in [-0.15, -0.1) is 0 Å². The molecule has 0 bridgehead atoms. The van der Waals surface area contributed by atoms with Gasteiger partial charge in [0.15, 0.2) is 5.82 Å². The Labute approximate surface area is 190 Å². The molecule has 5 heteroatoms. The lowest BCUT2D eigenvalue weighted by atomic mass is 9.96. The fourth-order valence-corrected chi connectivity index (χ4v) is 4.65. The fraction of sp³-hybridized carbons (Fsp3) is 0.333. The van der Waals surface area contributed by atoms with Gasteiger partial charge in [-0.3, -0.25) is 15.0 Å². The van der Waals surface area contributed by atoms with Crippen molar-refractivity contribution in [2.45, 2.75) is 38.8 Å². The number of aryl methyl sites for hydroxylation is 1. The number of aromatic amines is 1. The number of hydrogen-bond donors (Lipinski definition) is 2. The summed E-state index contributed by atoms with van der Waals surface area (Å²) in [5.41, 5.74) is 7.42. The zero-order valence-corrected chi connectivity index (χ0v) is 18.7. The molecule has 2 N–H and O–H groups in total. The van der Waals surface area contributed by atoms with Crippen LogP contribution in [-0.4, -0.2) is 47.0 Å². The zero-order chi connectivity index (χ0) is 21.8. The zero-order valence-electron chi connectivity index (χ0n) is 18.7. The molecule has 164 valence electrons. The Balaban J connectivity index is 1.32. The van der Waals surface area contributed by atoms with E-state index < -0.39 is 0 Å². The lowest BCUT2D eigenvalue weighted by molar-refractivity contribution is 0.211. The first-order chi connectivity index (χ1) is 15.8. The number of hydrogen-bond acceptors (Lipinski definition) is 4. The van der Waals surface area contributed by atoms with E-state index in [1.807, 2.05) is 6.21 Å². The number of piperidine rings is 1. The number of anilines is 1. The molecule has 32 heavy (non-hydrogen) atoms. The van der Waals surface area contributed by atoms with Crippen LogP contribution in [0, 0.1) is 6.92 Å². The Morgan fingerprint density at radius 1 is 1.03 bits per heavy atom. The first kappa shape index (κ1) is 20.7. The molecule has 3 heterocycles. The normalized spacial score (nSPS) is 17.3. The number of dihydropyridines is 1. The van der Waals surface area contributed by atoms with Gasteiger partial charge in [-0.25, -0.2) is 0 Å². The molecule has 1 aromatic heterocycles. The molecule has 1 saturated heterocycles. The summed E-state index contributed by atoms with van der Waals surface area (Å²) in [5, 5.41) is 11.8. The highest BCUT2D eigenvalue weighted by Crippen LogP contribution is 2.36. The van der Waals surface area contributed by atoms with E-state index >= 15 is 0 Å². The molecule has 0 aliphatic carbocycles. The van der Waals surface area contributed by atoms with Gasteiger partial charge in [0.25, 0.3) is 0 Å². The Kier molecular flexibility index (Phi) is 6.17. The van der Waals surface area contributed by atoms with E-state index in [2.05, 4.69) is 87.9 Å². The highest BCUT2D eigenvalue weighted by molar-refractivity contribution is 5.93. The van der Waals surface area contributed by atoms with Crippen molar-refractivity contribution in [3.8, 4) is 11.3 Å². The minimum atomic E-state index is 0.438. The molecule has 0 unspecified atom stereocenters. The number of nitrogens with zero attached hydrogens (tertiary/aromatic N) is 3. The Hall–Kier alpha value is -3.18. The van der Waals surface area contributed by atoms with Crippen molar-refractivity contribution in [3.05, 3.63) is 77.4 Å². The lowest BCUT2D eigenvalue weighted by Gasteiger charge is -2.32. The monoisotopic (exact) mass is 425 g/mol. The molecule has 2 aliphatic rings. The van der Waals surface area contributed by atoms with Crippen LogP contribution in [0.15, 0.2) is 65.7 Å². The summed E-state index contributed by atoms with van der Waals surface area (Å²) >= 11 is 0. The molecule has 5 nitrogen and oxygen atoms in total. The molecule has 0 radical (unpaired) electrons. The molecule has 2 aromatic carbocycles. The summed E-state index contributed by atoms with van der Waals surface area (Å²) < 4.78 is 0. The van der Waals surface area contributed by atoms with Crippen LogP contribution in [0.2, 0.25) is 0 Å². The van der Waals surface area contributed by atoms with Gasteiger partial charge in [0.2, 0.25) is 0 Å². The number of H-pyrrole nitrogens is 1. The first-order valence-electron chi connectivity index (χ1n) is 11.6. The number of rotatable bonds is 6. The van der Waals surface area contributed by atoms with Crippen molar-refractivity contribution in [2.75, 3.05) is 25.0 Å². The summed E-state index contributed by atoms with van der Waals surface area (Å²) in [5.74, 6) is 0.976. The van der Waals surface area contributed by atoms with Crippen molar-refractivity contribution in [1.82, 2.24) is 15.1 Å². The number of allylic oxidation sites excluding steroid dienone is 1. The van der Waals surface area contributed by atoms with Gasteiger partial charge in [-0.1, -0.05) is 60.2 Å². The van der Waals surface area contributed by atoms with Crippen LogP contribution >= 0.6 is 0 Å². The third-order valence-corrected chi connectivity index (χ3v) is 6.50. The lowest BCUT2D eigenvalue weighted by Crippen LogP contribution is -2.38. The van der Waals surface area contributed by atoms with Crippen molar-refractivity contribution in [1.29, 1.82) is 0 Å². The number of likely N-dealkylation sites (tertiary alicyclic amines) is 1. The standard InChI is InChI=1S/C27H31N5/c1-20-7-9-23(10-8-20)26-25(22-11-15-28-16-12-22)27(31-30-26)29-24-13-17-32(18-14-24)19-21-5-3-2-4-6-21/h2-11,15,24H,12-14,16-19H2,1H3,(H2,29,30,31). The van der Waals surface area contributed by atoms with Crippen molar-refractivity contribution >= 4 is 17.6 Å². The molecular formula is C27H31N5. The third-order valence-electron chi connectivity index (χ3n) is 6.50. The molecule has 5 rings (SSSR count). The third kappa shape index (κ3) is 4.68. The first-order valence-corrected chi connectivity index (χ1v) is 11.6. The van der Waals surface area contributed by atoms with Crippen LogP contribution in [0.3, 0.4) is 0 Å². The second kappa shape index (κ2) is 9.53. The Bertz CT molecular complexity index is 1090. The van der Waals surface area contributed by atoms with Gasteiger partial charge in [0.05, 0.1) is 5.69 Å². The minimum absolute atomic E-state index is 0.438. The van der Waals surface area contributed by atoms with E-state index in [1.54, 1.807) is 0 Å². The van der Waals surface area contributed by atoms with Crippen molar-refractivity contribution in [3.63, 3.8) is 0 Å². The van der Waals surface area contributed by atoms with Gasteiger partial charge in [0.1, 0.15) is 0 Å². The maximum atomic E-state index is 4.74. The quantitative estimate of drug-likeness (QED) is 0.562. The SMILES string of the molecule is Cc1ccc(-c2[nH]nc(NC3CCN(Cc4ccccc4)CC3)c2C2=CC=NCC2)cc1. The Morgan fingerprint density at radius 3 is 2.53 bits per heavy atom. The second-order valence-corrected chi connectivity index (χ2v) is 8.87. The van der Waals surface area contributed by atoms with Gasteiger partial charge >= 0.3 is 0 Å². The van der Waals surface area contributed by atoms with Crippen molar-refractivity contribution in [2.24, 2.45) is 4.99 Å². The molecule has 0 amide bonds. The summed E-state index contributed by atoms with van der Waals surface area (Å²) in [7, 11) is 0. The molecule has 0 spiro atoms. The average molecular weight is 426 g/mol. The summed E-state index contributed by atoms with van der Waals surface area (Å²) in [6.07, 6.45) is 7.26. The van der Waals surface area contributed by atoms with Gasteiger partial charge in [-0.2, -0.15) is 5.10 Å². The second-order valence-electron chi connectivity index (χ2n) is 8.87. The summed E-state index contributed by atoms with van der Waals surface area (Å²) in [6, 6.07) is 19.9. The smallest absolute Gasteiger partial charge is 0.156 e. The van der Waals surface area contributed by atoms with Crippen LogP contribution in [0.25, 0.3) is 16.8 Å². The Morgan fingerprint density at radius 2 is 1.81 bits per heavy atom. The van der Waals surface area contributed by atoms with Crippen LogP contribution in [-0.2, 0) is 6.54 Å². The predicted octanol–water partition coefficient (Wildman–Crippen LogP) is 5.32. The van der Waals surface area contributed by atoms with Gasteiger partial charge in [-0.05, 0) is 43.4 Å². The fourth-order valence-electron chi connectivity index (χ4n) is 4.65. The largest absolute Gasteiger partial charge is 0.365 e. The van der Waals surface area contributed by atoms with Crippen LogP contribution < -0.4 is 5.32 Å². The number of benzene rings is 2. The van der Waals surface area contributed by atoms with Crippen LogP contribution in [0.4, 0.5) is 5.82 Å². The summed E-state index contributed by atoms with van der Waals surface area (Å²) in [6.45, 7) is 6.20. The minimum Gasteiger partial charge on any atom is -0.365 e. The molecule has 3 aromatic rings. The van der Waals surface area contributed by atoms with Gasteiger partial charge < -0.3 is 5.32 Å². The number of aliphatic imine (C=N–C) groups is 1. The average Bonchev–Trinajstić information content (AvgIpc) is 3.25. The van der Waals surface area contributed by atoms with E-state index in [0.717, 1.165) is 57.0 Å². The van der Waals surface area contributed by atoms with Crippen molar-refractivity contribution < 1.29 is 0 Å². The molecule has 0 atom stereocenters. The maximum Gasteiger partial charge on any atom is 0.156 e. The van der Waals surface area contributed by atoms with E-state index in [-0.39, 0.29) is 0 Å². The number of nitrogens with one attached hydrogen (secondary N) is 2. The highest BCUT2D eigenvalue weighted by Gasteiger charge is 2.24. The molecule has 1 fully saturated rings. The predicted molar refractivity (Wildman–Crippen MR) is 133 cm³/mol. The van der Waals surface area contributed by atoms with E-state index in [4.69, 9.17) is 5.10 Å². The van der Waals surface area contributed by atoms with Gasteiger partial charge in [0, 0.05) is 49.6 Å². The van der Waals surface area contributed by atoms with Crippen LogP contribution in [0.5, 0.6) is 0 Å². The topological polar surface area (TPSA) is 56.3 Å². The maximum absolute atomic E-state index is 4.74. The molecule has 2 aliphatic heterocycles. The van der Waals surface area contributed by atoms with E-state index in [1.165, 1.54) is 27.8 Å². The van der Waals surface area contributed by atoms with E-state index in [0.29, 0.717) is 6.04 Å². The number of aromatic nitrogens is 2. The summed E-state index contributed by atoms with van der Waals surface area (Å²) in [4.78, 5) is 6.93. The van der Waals surface area contributed by atoms with E-state index in [9.17, 15) is 0 Å².